The fraction of sp³-hybridized carbons (Fsp3) is 0.278. The second kappa shape index (κ2) is 7.31. The van der Waals surface area contributed by atoms with Crippen molar-refractivity contribution in [2.24, 2.45) is 0 Å². The van der Waals surface area contributed by atoms with Gasteiger partial charge in [0.2, 0.25) is 0 Å². The van der Waals surface area contributed by atoms with Gasteiger partial charge in [0.15, 0.2) is 0 Å². The second-order valence-corrected chi connectivity index (χ2v) is 10.5. The Labute approximate surface area is 165 Å². The molecule has 0 amide bonds. The van der Waals surface area contributed by atoms with Crippen LogP contribution in [0.1, 0.15) is 5.01 Å². The molecule has 0 bridgehead atoms. The highest BCUT2D eigenvalue weighted by Gasteiger charge is 2.30. The molecule has 0 aliphatic carbocycles. The van der Waals surface area contributed by atoms with E-state index in [1.165, 1.54) is 21.7 Å². The SMILES string of the molecule is Cc1nc(-c2ccc(S(=O)(=O)N3CCN(c4ccccc4F)CC3)s2)cs1. The average Bonchev–Trinajstić information content (AvgIpc) is 3.32. The predicted octanol–water partition coefficient (Wildman–Crippen LogP) is 3.83. The summed E-state index contributed by atoms with van der Waals surface area (Å²) < 4.78 is 41.7. The van der Waals surface area contributed by atoms with Crippen LogP contribution in [0, 0.1) is 12.7 Å². The van der Waals surface area contributed by atoms with Gasteiger partial charge < -0.3 is 4.90 Å². The van der Waals surface area contributed by atoms with Crippen LogP contribution in [-0.2, 0) is 10.0 Å². The van der Waals surface area contributed by atoms with Crippen LogP contribution >= 0.6 is 22.7 Å². The van der Waals surface area contributed by atoms with Crippen LogP contribution in [-0.4, -0.2) is 43.9 Å². The van der Waals surface area contributed by atoms with Crippen LogP contribution in [0.5, 0.6) is 0 Å². The molecule has 0 N–H and O–H groups in total. The van der Waals surface area contributed by atoms with Gasteiger partial charge in [-0.05, 0) is 31.2 Å². The molecule has 3 heterocycles. The van der Waals surface area contributed by atoms with Crippen molar-refractivity contribution >= 4 is 38.4 Å². The van der Waals surface area contributed by atoms with E-state index in [-0.39, 0.29) is 5.82 Å². The molecule has 1 saturated heterocycles. The van der Waals surface area contributed by atoms with Crippen molar-refractivity contribution in [3.05, 3.63) is 52.6 Å². The Kier molecular flexibility index (Phi) is 5.02. The van der Waals surface area contributed by atoms with Gasteiger partial charge in [-0.1, -0.05) is 12.1 Å². The lowest BCUT2D eigenvalue weighted by Gasteiger charge is -2.35. The maximum atomic E-state index is 14.0. The summed E-state index contributed by atoms with van der Waals surface area (Å²) >= 11 is 2.78. The largest absolute Gasteiger partial charge is 0.367 e. The summed E-state index contributed by atoms with van der Waals surface area (Å²) in [6, 6.07) is 10.0. The summed E-state index contributed by atoms with van der Waals surface area (Å²) in [7, 11) is -3.55. The lowest BCUT2D eigenvalue weighted by molar-refractivity contribution is 0.384. The minimum Gasteiger partial charge on any atom is -0.367 e. The smallest absolute Gasteiger partial charge is 0.252 e. The van der Waals surface area contributed by atoms with E-state index in [2.05, 4.69) is 4.98 Å². The molecule has 2 aromatic heterocycles. The first-order valence-corrected chi connectivity index (χ1v) is 11.6. The number of hydrogen-bond acceptors (Lipinski definition) is 6. The highest BCUT2D eigenvalue weighted by atomic mass is 32.2. The van der Waals surface area contributed by atoms with Gasteiger partial charge in [-0.2, -0.15) is 4.31 Å². The fourth-order valence-electron chi connectivity index (χ4n) is 3.08. The number of halogens is 1. The van der Waals surface area contributed by atoms with E-state index in [4.69, 9.17) is 0 Å². The van der Waals surface area contributed by atoms with E-state index >= 15 is 0 Å². The standard InChI is InChI=1S/C18H18FN3O2S3/c1-13-20-15(12-25-13)17-6-7-18(26-17)27(23,24)22-10-8-21(9-11-22)16-5-3-2-4-14(16)19/h2-7,12H,8-11H2,1H3. The summed E-state index contributed by atoms with van der Waals surface area (Å²) in [5, 5.41) is 2.89. The normalized spacial score (nSPS) is 16.0. The Bertz CT molecular complexity index is 1050. The van der Waals surface area contributed by atoms with Crippen LogP contribution in [0.2, 0.25) is 0 Å². The molecule has 1 aliphatic rings. The first kappa shape index (κ1) is 18.5. The Hall–Kier alpha value is -1.81. The lowest BCUT2D eigenvalue weighted by Crippen LogP contribution is -2.48. The van der Waals surface area contributed by atoms with Crippen molar-refractivity contribution in [3.8, 4) is 10.6 Å². The molecule has 0 unspecified atom stereocenters. The molecule has 0 atom stereocenters. The number of thiazole rings is 1. The fourth-order valence-corrected chi connectivity index (χ4v) is 6.61. The molecular formula is C18H18FN3O2S3. The van der Waals surface area contributed by atoms with E-state index in [0.717, 1.165) is 15.6 Å². The van der Waals surface area contributed by atoms with Crippen molar-refractivity contribution in [1.82, 2.24) is 9.29 Å². The second-order valence-electron chi connectivity index (χ2n) is 6.21. The zero-order valence-corrected chi connectivity index (χ0v) is 17.1. The van der Waals surface area contributed by atoms with Gasteiger partial charge in [0.1, 0.15) is 10.0 Å². The number of anilines is 1. The zero-order chi connectivity index (χ0) is 19.0. The molecule has 1 fully saturated rings. The molecule has 0 spiro atoms. The number of para-hydroxylation sites is 1. The van der Waals surface area contributed by atoms with E-state index < -0.39 is 10.0 Å². The number of rotatable bonds is 4. The molecule has 5 nitrogen and oxygen atoms in total. The van der Waals surface area contributed by atoms with E-state index in [9.17, 15) is 12.8 Å². The highest BCUT2D eigenvalue weighted by molar-refractivity contribution is 7.91. The third-order valence-corrected chi connectivity index (χ3v) is 8.73. The third kappa shape index (κ3) is 3.64. The first-order valence-electron chi connectivity index (χ1n) is 8.47. The van der Waals surface area contributed by atoms with Gasteiger partial charge >= 0.3 is 0 Å². The van der Waals surface area contributed by atoms with Crippen LogP contribution in [0.3, 0.4) is 0 Å². The van der Waals surface area contributed by atoms with Gasteiger partial charge in [0.05, 0.1) is 21.3 Å². The first-order chi connectivity index (χ1) is 12.9. The number of benzene rings is 1. The summed E-state index contributed by atoms with van der Waals surface area (Å²) in [5.41, 5.74) is 1.33. The van der Waals surface area contributed by atoms with E-state index in [0.29, 0.717) is 36.1 Å². The van der Waals surface area contributed by atoms with Gasteiger partial charge in [-0.3, -0.25) is 0 Å². The maximum Gasteiger partial charge on any atom is 0.252 e. The third-order valence-electron chi connectivity index (χ3n) is 4.48. The zero-order valence-electron chi connectivity index (χ0n) is 14.6. The highest BCUT2D eigenvalue weighted by Crippen LogP contribution is 2.33. The van der Waals surface area contributed by atoms with Crippen molar-refractivity contribution < 1.29 is 12.8 Å². The van der Waals surface area contributed by atoms with Gasteiger partial charge in [0.25, 0.3) is 10.0 Å². The van der Waals surface area contributed by atoms with Crippen molar-refractivity contribution in [1.29, 1.82) is 0 Å². The lowest BCUT2D eigenvalue weighted by atomic mass is 10.2. The summed E-state index contributed by atoms with van der Waals surface area (Å²) in [6.07, 6.45) is 0. The number of piperazine rings is 1. The molecule has 4 rings (SSSR count). The Morgan fingerprint density at radius 1 is 1.07 bits per heavy atom. The summed E-state index contributed by atoms with van der Waals surface area (Å²) in [6.45, 7) is 3.52. The van der Waals surface area contributed by atoms with Gasteiger partial charge in [0, 0.05) is 31.6 Å². The monoisotopic (exact) mass is 423 g/mol. The van der Waals surface area contributed by atoms with E-state index in [1.807, 2.05) is 23.3 Å². The molecular weight excluding hydrogens is 405 g/mol. The molecule has 9 heteroatoms. The summed E-state index contributed by atoms with van der Waals surface area (Å²) in [5.74, 6) is -0.282. The molecule has 142 valence electrons. The van der Waals surface area contributed by atoms with E-state index in [1.54, 1.807) is 35.6 Å². The number of thiophene rings is 1. The minimum atomic E-state index is -3.55. The molecule has 1 aliphatic heterocycles. The Balaban J connectivity index is 1.49. The van der Waals surface area contributed by atoms with Crippen molar-refractivity contribution in [3.63, 3.8) is 0 Å². The van der Waals surface area contributed by atoms with Crippen LogP contribution in [0.4, 0.5) is 10.1 Å². The maximum absolute atomic E-state index is 14.0. The topological polar surface area (TPSA) is 53.5 Å². The molecule has 1 aromatic carbocycles. The van der Waals surface area contributed by atoms with Crippen LogP contribution in [0.25, 0.3) is 10.6 Å². The number of sulfonamides is 1. The Morgan fingerprint density at radius 2 is 1.81 bits per heavy atom. The van der Waals surface area contributed by atoms with Crippen molar-refractivity contribution in [2.75, 3.05) is 31.1 Å². The molecule has 0 radical (unpaired) electrons. The molecule has 3 aromatic rings. The number of aromatic nitrogens is 1. The quantitative estimate of drug-likeness (QED) is 0.640. The average molecular weight is 424 g/mol. The van der Waals surface area contributed by atoms with Crippen LogP contribution in [0.15, 0.2) is 46.0 Å². The predicted molar refractivity (Wildman–Crippen MR) is 108 cm³/mol. The number of aryl methyl sites for hydroxylation is 1. The number of nitrogens with zero attached hydrogens (tertiary/aromatic N) is 3. The summed E-state index contributed by atoms with van der Waals surface area (Å²) in [4.78, 5) is 7.16. The van der Waals surface area contributed by atoms with Gasteiger partial charge in [-0.25, -0.2) is 17.8 Å². The molecule has 27 heavy (non-hydrogen) atoms. The Morgan fingerprint density at radius 3 is 2.48 bits per heavy atom. The van der Waals surface area contributed by atoms with Crippen LogP contribution < -0.4 is 4.90 Å². The van der Waals surface area contributed by atoms with Crippen molar-refractivity contribution in [2.45, 2.75) is 11.1 Å². The minimum absolute atomic E-state index is 0.282. The molecule has 0 saturated carbocycles. The van der Waals surface area contributed by atoms with Gasteiger partial charge in [-0.15, -0.1) is 22.7 Å². The number of hydrogen-bond donors (Lipinski definition) is 0.